The van der Waals surface area contributed by atoms with Crippen molar-refractivity contribution < 1.29 is 19.4 Å². The predicted octanol–water partition coefficient (Wildman–Crippen LogP) is 6.90. The highest BCUT2D eigenvalue weighted by Gasteiger charge is 2.32. The standard InChI is InChI=1S/C31H35N3O5S2/c1-21-13-11-15-23(19-21)39-28-24(29(37)33-18-12-14-22(2)27(33)32-28)20-25-30(38)34(31(40)41-25)17-10-8-6-4-3-5-7-9-16-26(35)36/h11-15,18-20H,3-10,16-17H2,1-2H3,(H,35,36)/b25-20+. The highest BCUT2D eigenvalue weighted by molar-refractivity contribution is 8.26. The second-order valence-corrected chi connectivity index (χ2v) is 11.9. The summed E-state index contributed by atoms with van der Waals surface area (Å²) in [5.41, 5.74) is 2.20. The molecule has 0 saturated carbocycles. The molecule has 0 spiro atoms. The average Bonchev–Trinajstić information content (AvgIpc) is 3.19. The summed E-state index contributed by atoms with van der Waals surface area (Å²) in [6, 6.07) is 11.2. The van der Waals surface area contributed by atoms with Gasteiger partial charge in [0.2, 0.25) is 5.88 Å². The van der Waals surface area contributed by atoms with Crippen molar-refractivity contribution in [1.82, 2.24) is 14.3 Å². The molecular formula is C31H35N3O5S2. The number of carbonyl (C=O) groups excluding carboxylic acids is 1. The Morgan fingerprint density at radius 1 is 1.02 bits per heavy atom. The number of rotatable bonds is 14. The number of hydrogen-bond donors (Lipinski definition) is 1. The van der Waals surface area contributed by atoms with E-state index in [1.54, 1.807) is 29.3 Å². The van der Waals surface area contributed by atoms with Crippen LogP contribution in [0.4, 0.5) is 0 Å². The predicted molar refractivity (Wildman–Crippen MR) is 167 cm³/mol. The summed E-state index contributed by atoms with van der Waals surface area (Å²) in [6.45, 7) is 4.37. The highest BCUT2D eigenvalue weighted by Crippen LogP contribution is 2.34. The van der Waals surface area contributed by atoms with Gasteiger partial charge in [0.15, 0.2) is 0 Å². The first-order valence-corrected chi connectivity index (χ1v) is 15.2. The number of thiocarbonyl (C=S) groups is 1. The van der Waals surface area contributed by atoms with Crippen LogP contribution in [0.3, 0.4) is 0 Å². The third-order valence-corrected chi connectivity index (χ3v) is 8.30. The number of aromatic nitrogens is 2. The third-order valence-electron chi connectivity index (χ3n) is 6.92. The zero-order valence-electron chi connectivity index (χ0n) is 23.4. The largest absolute Gasteiger partial charge is 0.481 e. The molecule has 1 aliphatic rings. The molecule has 4 rings (SSSR count). The Hall–Kier alpha value is -3.50. The van der Waals surface area contributed by atoms with E-state index in [4.69, 9.17) is 22.1 Å². The molecule has 0 aliphatic carbocycles. The number of ether oxygens (including phenoxy) is 1. The SMILES string of the molecule is Cc1cccc(Oc2nc3c(C)cccn3c(=O)c2/C=C2/SC(=S)N(CCCCCCCCCCC(=O)O)C2=O)c1. The molecule has 0 bridgehead atoms. The Labute approximate surface area is 249 Å². The van der Waals surface area contributed by atoms with E-state index in [-0.39, 0.29) is 29.3 Å². The first-order chi connectivity index (χ1) is 19.7. The van der Waals surface area contributed by atoms with Gasteiger partial charge in [0.1, 0.15) is 21.3 Å². The number of nitrogens with zero attached hydrogens (tertiary/aromatic N) is 3. The van der Waals surface area contributed by atoms with Crippen LogP contribution in [0, 0.1) is 13.8 Å². The molecule has 0 radical (unpaired) electrons. The van der Waals surface area contributed by atoms with Crippen LogP contribution < -0.4 is 10.3 Å². The minimum atomic E-state index is -0.733. The van der Waals surface area contributed by atoms with Gasteiger partial charge in [0, 0.05) is 19.2 Å². The molecule has 2 aromatic heterocycles. The highest BCUT2D eigenvalue weighted by atomic mass is 32.2. The van der Waals surface area contributed by atoms with E-state index in [1.807, 2.05) is 38.1 Å². The Kier molecular flexibility index (Phi) is 10.7. The topological polar surface area (TPSA) is 101 Å². The maximum Gasteiger partial charge on any atom is 0.303 e. The van der Waals surface area contributed by atoms with Crippen molar-refractivity contribution in [3.05, 3.63) is 74.5 Å². The fourth-order valence-electron chi connectivity index (χ4n) is 4.71. The fraction of sp³-hybridized carbons (Fsp3) is 0.387. The van der Waals surface area contributed by atoms with Crippen molar-refractivity contribution >= 4 is 51.9 Å². The van der Waals surface area contributed by atoms with E-state index >= 15 is 0 Å². The number of thioether (sulfide) groups is 1. The second-order valence-electron chi connectivity index (χ2n) is 10.2. The zero-order chi connectivity index (χ0) is 29.4. The summed E-state index contributed by atoms with van der Waals surface area (Å²) in [4.78, 5) is 44.2. The van der Waals surface area contributed by atoms with Crippen LogP contribution in [0.15, 0.2) is 52.3 Å². The number of aliphatic carboxylic acids is 1. The van der Waals surface area contributed by atoms with Gasteiger partial charge in [-0.05, 0) is 62.1 Å². The molecule has 10 heteroatoms. The number of aryl methyl sites for hydroxylation is 2. The van der Waals surface area contributed by atoms with Crippen LogP contribution in [-0.2, 0) is 9.59 Å². The number of hydrogen-bond acceptors (Lipinski definition) is 7. The van der Waals surface area contributed by atoms with Gasteiger partial charge < -0.3 is 9.84 Å². The Morgan fingerprint density at radius 2 is 1.73 bits per heavy atom. The molecule has 1 aliphatic heterocycles. The second kappa shape index (κ2) is 14.4. The summed E-state index contributed by atoms with van der Waals surface area (Å²) in [6.07, 6.45) is 11.2. The van der Waals surface area contributed by atoms with E-state index in [9.17, 15) is 14.4 Å². The molecule has 216 valence electrons. The summed E-state index contributed by atoms with van der Waals surface area (Å²) >= 11 is 6.71. The molecule has 1 aromatic carbocycles. The number of unbranched alkanes of at least 4 members (excludes halogenated alkanes) is 7. The molecule has 1 amide bonds. The van der Waals surface area contributed by atoms with Crippen molar-refractivity contribution in [2.75, 3.05) is 6.54 Å². The maximum atomic E-state index is 13.6. The summed E-state index contributed by atoms with van der Waals surface area (Å²) in [5.74, 6) is -0.253. The van der Waals surface area contributed by atoms with Gasteiger partial charge in [-0.2, -0.15) is 4.98 Å². The molecule has 1 saturated heterocycles. The van der Waals surface area contributed by atoms with Crippen molar-refractivity contribution in [2.45, 2.75) is 71.6 Å². The number of carbonyl (C=O) groups is 2. The van der Waals surface area contributed by atoms with Gasteiger partial charge in [0.25, 0.3) is 11.5 Å². The van der Waals surface area contributed by atoms with Gasteiger partial charge in [-0.3, -0.25) is 23.7 Å². The van der Waals surface area contributed by atoms with Crippen LogP contribution in [0.2, 0.25) is 0 Å². The van der Waals surface area contributed by atoms with Gasteiger partial charge in [-0.1, -0.05) is 80.7 Å². The van der Waals surface area contributed by atoms with Crippen LogP contribution in [0.5, 0.6) is 11.6 Å². The van der Waals surface area contributed by atoms with Crippen LogP contribution in [0.1, 0.15) is 74.5 Å². The number of pyridine rings is 1. The minimum absolute atomic E-state index is 0.142. The van der Waals surface area contributed by atoms with Gasteiger partial charge >= 0.3 is 5.97 Å². The molecular weight excluding hydrogens is 558 g/mol. The molecule has 1 N–H and O–H groups in total. The number of benzene rings is 1. The molecule has 8 nitrogen and oxygen atoms in total. The molecule has 41 heavy (non-hydrogen) atoms. The number of carboxylic acid groups (broad SMARTS) is 1. The normalized spacial score (nSPS) is 14.4. The molecule has 0 unspecified atom stereocenters. The van der Waals surface area contributed by atoms with Crippen molar-refractivity contribution in [2.24, 2.45) is 0 Å². The van der Waals surface area contributed by atoms with E-state index < -0.39 is 5.97 Å². The van der Waals surface area contributed by atoms with Crippen molar-refractivity contribution in [3.8, 4) is 11.6 Å². The first-order valence-electron chi connectivity index (χ1n) is 14.0. The zero-order valence-corrected chi connectivity index (χ0v) is 25.1. The third kappa shape index (κ3) is 8.04. The van der Waals surface area contributed by atoms with E-state index in [0.29, 0.717) is 27.2 Å². The lowest BCUT2D eigenvalue weighted by molar-refractivity contribution is -0.137. The molecule has 3 heterocycles. The van der Waals surface area contributed by atoms with Crippen molar-refractivity contribution in [1.29, 1.82) is 0 Å². The number of amides is 1. The first kappa shape index (κ1) is 30.5. The monoisotopic (exact) mass is 593 g/mol. The van der Waals surface area contributed by atoms with Gasteiger partial charge in [-0.15, -0.1) is 0 Å². The number of carboxylic acids is 1. The van der Waals surface area contributed by atoms with E-state index in [2.05, 4.69) is 4.98 Å². The Balaban J connectivity index is 1.44. The number of fused-ring (bicyclic) bond motifs is 1. The lowest BCUT2D eigenvalue weighted by Gasteiger charge is -2.14. The Bertz CT molecular complexity index is 1530. The summed E-state index contributed by atoms with van der Waals surface area (Å²) < 4.78 is 8.06. The average molecular weight is 594 g/mol. The van der Waals surface area contributed by atoms with Crippen LogP contribution >= 0.6 is 24.0 Å². The minimum Gasteiger partial charge on any atom is -0.481 e. The van der Waals surface area contributed by atoms with Crippen LogP contribution in [-0.4, -0.2) is 42.1 Å². The molecule has 3 aromatic rings. The van der Waals surface area contributed by atoms with Gasteiger partial charge in [-0.25, -0.2) is 0 Å². The summed E-state index contributed by atoms with van der Waals surface area (Å²) in [7, 11) is 0. The fourth-order valence-corrected chi connectivity index (χ4v) is 6.00. The smallest absolute Gasteiger partial charge is 0.303 e. The quantitative estimate of drug-likeness (QED) is 0.122. The van der Waals surface area contributed by atoms with Crippen molar-refractivity contribution in [3.63, 3.8) is 0 Å². The van der Waals surface area contributed by atoms with Gasteiger partial charge in [0.05, 0.1) is 4.91 Å². The maximum absolute atomic E-state index is 13.6. The van der Waals surface area contributed by atoms with E-state index in [1.165, 1.54) is 16.2 Å². The summed E-state index contributed by atoms with van der Waals surface area (Å²) in [5, 5.41) is 8.70. The lowest BCUT2D eigenvalue weighted by Crippen LogP contribution is -2.29. The Morgan fingerprint density at radius 3 is 2.44 bits per heavy atom. The lowest BCUT2D eigenvalue weighted by atomic mass is 10.1. The van der Waals surface area contributed by atoms with E-state index in [0.717, 1.165) is 62.5 Å². The molecule has 0 atom stereocenters. The molecule has 1 fully saturated rings. The van der Waals surface area contributed by atoms with Crippen LogP contribution in [0.25, 0.3) is 11.7 Å².